The summed E-state index contributed by atoms with van der Waals surface area (Å²) in [6, 6.07) is 55.0. The van der Waals surface area contributed by atoms with Crippen molar-refractivity contribution in [2.24, 2.45) is 5.92 Å². The number of pyridine rings is 1. The summed E-state index contributed by atoms with van der Waals surface area (Å²) in [4.78, 5) is 5.55. The Morgan fingerprint density at radius 3 is 1.94 bits per heavy atom. The summed E-state index contributed by atoms with van der Waals surface area (Å²) < 4.78 is 18.7. The van der Waals surface area contributed by atoms with Crippen LogP contribution in [0.4, 0.5) is 0 Å². The molecule has 2 aromatic heterocycles. The Bertz CT molecular complexity index is 2630. The van der Waals surface area contributed by atoms with E-state index in [1.807, 2.05) is 36.4 Å². The molecular formula is C44H31N2OP. The molecule has 0 fully saturated rings. The summed E-state index contributed by atoms with van der Waals surface area (Å²) >= 11 is 0. The zero-order chi connectivity index (χ0) is 32.0. The molecule has 8 aromatic rings. The van der Waals surface area contributed by atoms with Gasteiger partial charge in [0.2, 0.25) is 0 Å². The van der Waals surface area contributed by atoms with Gasteiger partial charge in [-0.3, -0.25) is 0 Å². The van der Waals surface area contributed by atoms with Gasteiger partial charge in [0.25, 0.3) is 0 Å². The number of allylic oxidation sites excluding steroid dienone is 1. The molecule has 0 N–H and O–H groups in total. The van der Waals surface area contributed by atoms with Gasteiger partial charge in [0.15, 0.2) is 7.14 Å². The number of rotatable bonds is 3. The number of benzene rings is 6. The van der Waals surface area contributed by atoms with Crippen molar-refractivity contribution in [3.05, 3.63) is 180 Å². The SMILES string of the molecule is CC1C2=C(c3ccccc3C1P(=O)(c1ccccc1)c1ccccc1)c1nc3ccccc3c3c4ccccc4n(c13)-c1ccccc12. The molecule has 10 rings (SSSR count). The number of aromatic nitrogens is 2. The molecule has 0 bridgehead atoms. The zero-order valence-corrected chi connectivity index (χ0v) is 27.3. The van der Waals surface area contributed by atoms with Gasteiger partial charge in [0.1, 0.15) is 0 Å². The van der Waals surface area contributed by atoms with Crippen LogP contribution in [0.5, 0.6) is 0 Å². The van der Waals surface area contributed by atoms with Gasteiger partial charge >= 0.3 is 0 Å². The summed E-state index contributed by atoms with van der Waals surface area (Å²) in [6.07, 6.45) is 0. The van der Waals surface area contributed by atoms with Crippen LogP contribution in [0.1, 0.15) is 35.0 Å². The highest BCUT2D eigenvalue weighted by Crippen LogP contribution is 2.67. The maximum absolute atomic E-state index is 16.3. The topological polar surface area (TPSA) is 34.9 Å². The largest absolute Gasteiger partial charge is 0.313 e. The standard InChI is InChI=1S/C44H31N2OP/c1-28-39-34-23-11-14-26-37(34)46-38-27-15-12-24-35(38)40-33-22-10-13-25-36(33)45-42(43(40)46)41(39)31-20-8-9-21-32(31)44(28)48(47,29-16-4-2-5-17-29)30-18-6-3-7-19-30/h2-28,44H,1H3. The molecule has 0 saturated carbocycles. The van der Waals surface area contributed by atoms with Crippen LogP contribution in [-0.4, -0.2) is 9.55 Å². The van der Waals surface area contributed by atoms with Gasteiger partial charge in [-0.25, -0.2) is 4.98 Å². The number of nitrogens with zero attached hydrogens (tertiary/aromatic N) is 2. The molecule has 3 nitrogen and oxygen atoms in total. The van der Waals surface area contributed by atoms with Crippen LogP contribution < -0.4 is 10.6 Å². The average Bonchev–Trinajstić information content (AvgIpc) is 3.43. The van der Waals surface area contributed by atoms with Gasteiger partial charge in [0.05, 0.1) is 33.6 Å². The van der Waals surface area contributed by atoms with Crippen LogP contribution in [0.25, 0.3) is 49.5 Å². The van der Waals surface area contributed by atoms with Gasteiger partial charge in [-0.1, -0.05) is 146 Å². The fraction of sp³-hybridized carbons (Fsp3) is 0.0682. The van der Waals surface area contributed by atoms with E-state index in [9.17, 15) is 0 Å². The second kappa shape index (κ2) is 10.2. The highest BCUT2D eigenvalue weighted by Gasteiger charge is 2.48. The second-order valence-electron chi connectivity index (χ2n) is 13.0. The molecule has 4 heteroatoms. The van der Waals surface area contributed by atoms with E-state index in [0.717, 1.165) is 66.2 Å². The Morgan fingerprint density at radius 2 is 1.19 bits per heavy atom. The van der Waals surface area contributed by atoms with Gasteiger partial charge in [0, 0.05) is 37.9 Å². The summed E-state index contributed by atoms with van der Waals surface area (Å²) in [5, 5.41) is 5.37. The quantitative estimate of drug-likeness (QED) is 0.181. The molecule has 1 aliphatic heterocycles. The highest BCUT2D eigenvalue weighted by molar-refractivity contribution is 7.79. The molecule has 3 heterocycles. The van der Waals surface area contributed by atoms with E-state index in [-0.39, 0.29) is 11.6 Å². The van der Waals surface area contributed by atoms with Gasteiger partial charge < -0.3 is 9.13 Å². The van der Waals surface area contributed by atoms with Crippen LogP contribution in [0.15, 0.2) is 158 Å². The minimum atomic E-state index is -3.23. The van der Waals surface area contributed by atoms with Gasteiger partial charge in [-0.05, 0) is 40.8 Å². The van der Waals surface area contributed by atoms with E-state index in [2.05, 4.69) is 133 Å². The highest BCUT2D eigenvalue weighted by atomic mass is 31.2. The Morgan fingerprint density at radius 1 is 0.604 bits per heavy atom. The van der Waals surface area contributed by atoms with Crippen LogP contribution in [0, 0.1) is 5.92 Å². The van der Waals surface area contributed by atoms with E-state index >= 15 is 4.57 Å². The molecule has 2 unspecified atom stereocenters. The average molecular weight is 635 g/mol. The maximum atomic E-state index is 16.3. The van der Waals surface area contributed by atoms with E-state index in [0.29, 0.717) is 0 Å². The predicted octanol–water partition coefficient (Wildman–Crippen LogP) is 10.3. The molecule has 0 spiro atoms. The lowest BCUT2D eigenvalue weighted by molar-refractivity contribution is 0.564. The third-order valence-corrected chi connectivity index (χ3v) is 14.2. The van der Waals surface area contributed by atoms with Crippen LogP contribution in [-0.2, 0) is 4.57 Å². The predicted molar refractivity (Wildman–Crippen MR) is 200 cm³/mol. The van der Waals surface area contributed by atoms with Crippen molar-refractivity contribution in [1.82, 2.24) is 9.55 Å². The van der Waals surface area contributed by atoms with Crippen molar-refractivity contribution in [3.63, 3.8) is 0 Å². The van der Waals surface area contributed by atoms with E-state index in [4.69, 9.17) is 4.98 Å². The normalized spacial score (nSPS) is 16.9. The third kappa shape index (κ3) is 3.60. The Kier molecular flexibility index (Phi) is 5.89. The van der Waals surface area contributed by atoms with Gasteiger partial charge in [-0.2, -0.15) is 0 Å². The lowest BCUT2D eigenvalue weighted by Crippen LogP contribution is -2.29. The van der Waals surface area contributed by atoms with Crippen molar-refractivity contribution < 1.29 is 4.57 Å². The number of hydrogen-bond acceptors (Lipinski definition) is 2. The second-order valence-corrected chi connectivity index (χ2v) is 15.9. The van der Waals surface area contributed by atoms with Crippen molar-refractivity contribution in [1.29, 1.82) is 0 Å². The smallest absolute Gasteiger partial charge is 0.150 e. The Balaban J connectivity index is 1.39. The van der Waals surface area contributed by atoms with E-state index in [1.54, 1.807) is 0 Å². The van der Waals surface area contributed by atoms with Crippen LogP contribution in [0.2, 0.25) is 0 Å². The van der Waals surface area contributed by atoms with Crippen LogP contribution >= 0.6 is 7.14 Å². The molecule has 1 aliphatic carbocycles. The molecule has 0 radical (unpaired) electrons. The maximum Gasteiger partial charge on any atom is 0.150 e. The van der Waals surface area contributed by atoms with Crippen molar-refractivity contribution >= 4 is 61.6 Å². The fourth-order valence-corrected chi connectivity index (χ4v) is 12.3. The fourth-order valence-electron chi connectivity index (χ4n) is 8.71. The molecule has 6 aromatic carbocycles. The van der Waals surface area contributed by atoms with Gasteiger partial charge in [-0.15, -0.1) is 0 Å². The number of fused-ring (bicyclic) bond motifs is 11. The molecule has 2 aliphatic rings. The first-order chi connectivity index (χ1) is 23.7. The van der Waals surface area contributed by atoms with Crippen molar-refractivity contribution in [2.45, 2.75) is 12.6 Å². The zero-order valence-electron chi connectivity index (χ0n) is 26.4. The van der Waals surface area contributed by atoms with Crippen LogP contribution in [0.3, 0.4) is 0 Å². The number of hydrogen-bond donors (Lipinski definition) is 0. The molecule has 48 heavy (non-hydrogen) atoms. The first-order valence-corrected chi connectivity index (χ1v) is 18.4. The van der Waals surface area contributed by atoms with E-state index in [1.165, 1.54) is 16.3 Å². The molecule has 0 amide bonds. The van der Waals surface area contributed by atoms with Crippen molar-refractivity contribution in [3.8, 4) is 5.69 Å². The third-order valence-electron chi connectivity index (χ3n) is 10.6. The molecule has 2 atom stereocenters. The molecule has 0 saturated heterocycles. The summed E-state index contributed by atoms with van der Waals surface area (Å²) in [5.74, 6) is -0.0958. The lowest BCUT2D eigenvalue weighted by atomic mass is 9.75. The molecular weight excluding hydrogens is 603 g/mol. The van der Waals surface area contributed by atoms with Crippen molar-refractivity contribution in [2.75, 3.05) is 0 Å². The summed E-state index contributed by atoms with van der Waals surface area (Å²) in [6.45, 7) is 2.29. The lowest BCUT2D eigenvalue weighted by Gasteiger charge is -2.40. The molecule has 228 valence electrons. The summed E-state index contributed by atoms with van der Waals surface area (Å²) in [5.41, 5.74) is 10.8. The van der Waals surface area contributed by atoms with E-state index < -0.39 is 7.14 Å². The minimum absolute atomic E-state index is 0.0958. The monoisotopic (exact) mass is 634 g/mol. The number of para-hydroxylation sites is 3. The first-order valence-electron chi connectivity index (χ1n) is 16.6. The minimum Gasteiger partial charge on any atom is -0.313 e. The summed E-state index contributed by atoms with van der Waals surface area (Å²) in [7, 11) is -3.23. The Labute approximate surface area is 279 Å². The first kappa shape index (κ1) is 27.6. The Hall–Kier alpha value is -5.50.